The van der Waals surface area contributed by atoms with Gasteiger partial charge in [0, 0.05) is 30.1 Å². The largest absolute Gasteiger partial charge is 0.442 e. The number of amides is 2. The minimum absolute atomic E-state index is 0.0716. The van der Waals surface area contributed by atoms with E-state index >= 15 is 0 Å². The highest BCUT2D eigenvalue weighted by molar-refractivity contribution is 6.21. The molecule has 1 N–H and O–H groups in total. The second-order valence-electron chi connectivity index (χ2n) is 11.2. The lowest BCUT2D eigenvalue weighted by atomic mass is 9.76. The average Bonchev–Trinajstić information content (AvgIpc) is 3.42. The van der Waals surface area contributed by atoms with Crippen LogP contribution in [0.3, 0.4) is 0 Å². The molecule has 0 saturated heterocycles. The predicted molar refractivity (Wildman–Crippen MR) is 155 cm³/mol. The van der Waals surface area contributed by atoms with Crippen LogP contribution in [0.4, 0.5) is 10.6 Å². The Morgan fingerprint density at radius 1 is 1.07 bits per heavy atom. The van der Waals surface area contributed by atoms with E-state index in [1.807, 2.05) is 0 Å². The van der Waals surface area contributed by atoms with Crippen LogP contribution in [0.25, 0.3) is 10.9 Å². The molecule has 0 fully saturated rings. The van der Waals surface area contributed by atoms with Gasteiger partial charge in [-0.2, -0.15) is 15.2 Å². The van der Waals surface area contributed by atoms with E-state index in [2.05, 4.69) is 27.5 Å². The fraction of sp³-hybridized carbons (Fsp3) is 0.323. The fourth-order valence-electron chi connectivity index (χ4n) is 5.34. The predicted octanol–water partition coefficient (Wildman–Crippen LogP) is 5.02. The molecule has 42 heavy (non-hydrogen) atoms. The Morgan fingerprint density at radius 3 is 2.33 bits per heavy atom. The lowest BCUT2D eigenvalue weighted by Crippen LogP contribution is -2.34. The van der Waals surface area contributed by atoms with Crippen LogP contribution in [-0.2, 0) is 4.74 Å². The summed E-state index contributed by atoms with van der Waals surface area (Å²) < 4.78 is 6.71. The van der Waals surface area contributed by atoms with Crippen LogP contribution in [0, 0.1) is 28.6 Å². The third-order valence-corrected chi connectivity index (χ3v) is 7.22. The van der Waals surface area contributed by atoms with E-state index in [1.54, 1.807) is 77.1 Å². The zero-order valence-corrected chi connectivity index (χ0v) is 23.9. The summed E-state index contributed by atoms with van der Waals surface area (Å²) in [5.41, 5.74) is 2.65. The van der Waals surface area contributed by atoms with Crippen molar-refractivity contribution in [3.8, 4) is 12.1 Å². The van der Waals surface area contributed by atoms with Gasteiger partial charge in [-0.15, -0.1) is 5.10 Å². The maximum absolute atomic E-state index is 13.1. The van der Waals surface area contributed by atoms with Crippen LogP contribution in [0.1, 0.15) is 66.8 Å². The summed E-state index contributed by atoms with van der Waals surface area (Å²) in [4.78, 5) is 44.3. The number of carbonyl (C=O) groups excluding carboxylic acids is 3. The Hall–Kier alpha value is -5.29. The molecule has 2 unspecified atom stereocenters. The number of anilines is 1. The molecule has 11 heteroatoms. The first kappa shape index (κ1) is 28.2. The topological polar surface area (TPSA) is 153 Å². The van der Waals surface area contributed by atoms with Crippen LogP contribution in [0.5, 0.6) is 0 Å². The maximum Gasteiger partial charge on any atom is 0.435 e. The number of benzene rings is 2. The van der Waals surface area contributed by atoms with Crippen LogP contribution in [0.2, 0.25) is 0 Å². The van der Waals surface area contributed by atoms with E-state index in [4.69, 9.17) is 4.74 Å². The molecule has 0 radical (unpaired) electrons. The van der Waals surface area contributed by atoms with E-state index in [1.165, 1.54) is 4.90 Å². The van der Waals surface area contributed by atoms with Crippen molar-refractivity contribution in [2.24, 2.45) is 10.9 Å². The van der Waals surface area contributed by atoms with Crippen molar-refractivity contribution in [3.05, 3.63) is 70.4 Å². The third-order valence-electron chi connectivity index (χ3n) is 7.22. The molecule has 0 spiro atoms. The number of imide groups is 1. The lowest BCUT2D eigenvalue weighted by Gasteiger charge is -2.26. The number of hydrogen-bond acceptors (Lipinski definition) is 9. The SMILES string of the molecule is CC1=NC(C)=C(C#N)C(c2ccc3c(c2)c(NCCN2C(=O)c4ccccc4C2=O)nn3C(=O)OC(C)(C)C)C1C#N. The van der Waals surface area contributed by atoms with Crippen molar-refractivity contribution in [2.75, 3.05) is 18.4 Å². The minimum atomic E-state index is -0.767. The second kappa shape index (κ2) is 10.6. The number of allylic oxidation sites excluding steroid dienone is 2. The van der Waals surface area contributed by atoms with E-state index in [0.717, 1.165) is 4.68 Å². The molecule has 3 aromatic rings. The van der Waals surface area contributed by atoms with Gasteiger partial charge < -0.3 is 10.1 Å². The van der Waals surface area contributed by atoms with Gasteiger partial charge in [0.15, 0.2) is 5.82 Å². The Labute approximate surface area is 242 Å². The van der Waals surface area contributed by atoms with Gasteiger partial charge in [0.1, 0.15) is 5.60 Å². The number of hydrogen-bond donors (Lipinski definition) is 1. The van der Waals surface area contributed by atoms with Gasteiger partial charge in [-0.3, -0.25) is 19.5 Å². The summed E-state index contributed by atoms with van der Waals surface area (Å²) in [6.07, 6.45) is -0.683. The number of rotatable bonds is 5. The lowest BCUT2D eigenvalue weighted by molar-refractivity contribution is 0.0522. The molecule has 2 aromatic carbocycles. The first-order valence-corrected chi connectivity index (χ1v) is 13.5. The molecule has 212 valence electrons. The fourth-order valence-corrected chi connectivity index (χ4v) is 5.34. The van der Waals surface area contributed by atoms with Gasteiger partial charge in [-0.05, 0) is 64.4 Å². The smallest absolute Gasteiger partial charge is 0.435 e. The van der Waals surface area contributed by atoms with Crippen molar-refractivity contribution < 1.29 is 19.1 Å². The Kier molecular flexibility index (Phi) is 7.13. The van der Waals surface area contributed by atoms with Crippen molar-refractivity contribution >= 4 is 40.3 Å². The highest BCUT2D eigenvalue weighted by atomic mass is 16.6. The number of nitriles is 2. The highest BCUT2D eigenvalue weighted by Crippen LogP contribution is 2.40. The van der Waals surface area contributed by atoms with Crippen molar-refractivity contribution in [1.82, 2.24) is 14.7 Å². The summed E-state index contributed by atoms with van der Waals surface area (Å²) in [5.74, 6) is -1.62. The standard InChI is InChI=1S/C31H29N7O4/c1-17-23(15-32)26(24(16-33)18(2)35-17)19-10-11-25-22(14-19)27(36-38(25)30(41)42-31(3,4)5)34-12-13-37-28(39)20-8-6-7-9-21(20)29(37)40/h6-11,14,23,26H,12-13H2,1-5H3,(H,34,36). The quantitative estimate of drug-likeness (QED) is 0.424. The van der Waals surface area contributed by atoms with E-state index in [-0.39, 0.29) is 24.9 Å². The van der Waals surface area contributed by atoms with Crippen LogP contribution in [0.15, 0.2) is 58.7 Å². The van der Waals surface area contributed by atoms with Gasteiger partial charge in [0.05, 0.1) is 46.0 Å². The molecular formula is C31H29N7O4. The Balaban J connectivity index is 1.51. The normalized spacial score (nSPS) is 18.5. The Morgan fingerprint density at radius 2 is 1.74 bits per heavy atom. The molecule has 1 aromatic heterocycles. The number of nitrogens with zero attached hydrogens (tertiary/aromatic N) is 6. The number of carbonyl (C=O) groups is 3. The van der Waals surface area contributed by atoms with Gasteiger partial charge in [-0.25, -0.2) is 4.79 Å². The number of nitrogens with one attached hydrogen (secondary N) is 1. The van der Waals surface area contributed by atoms with Crippen molar-refractivity contribution in [1.29, 1.82) is 10.5 Å². The second-order valence-corrected chi connectivity index (χ2v) is 11.2. The van der Waals surface area contributed by atoms with E-state index in [0.29, 0.717) is 50.4 Å². The zero-order valence-electron chi connectivity index (χ0n) is 23.9. The molecule has 5 rings (SSSR count). The van der Waals surface area contributed by atoms with E-state index < -0.39 is 23.5 Å². The van der Waals surface area contributed by atoms with Gasteiger partial charge in [0.2, 0.25) is 0 Å². The minimum Gasteiger partial charge on any atom is -0.442 e. The number of fused-ring (bicyclic) bond motifs is 2. The Bertz CT molecular complexity index is 1760. The summed E-state index contributed by atoms with van der Waals surface area (Å²) in [6, 6.07) is 16.4. The number of ether oxygens (including phenoxy) is 1. The third kappa shape index (κ3) is 4.90. The van der Waals surface area contributed by atoms with Crippen molar-refractivity contribution in [2.45, 2.75) is 46.1 Å². The molecule has 2 aliphatic rings. The van der Waals surface area contributed by atoms with Crippen LogP contribution < -0.4 is 5.32 Å². The maximum atomic E-state index is 13.1. The monoisotopic (exact) mass is 563 g/mol. The zero-order chi connectivity index (χ0) is 30.3. The van der Waals surface area contributed by atoms with Crippen LogP contribution in [-0.4, -0.2) is 57.0 Å². The summed E-state index contributed by atoms with van der Waals surface area (Å²) >= 11 is 0. The molecule has 2 atom stereocenters. The molecular weight excluding hydrogens is 534 g/mol. The molecule has 3 heterocycles. The molecule has 0 aliphatic carbocycles. The molecule has 2 amide bonds. The summed E-state index contributed by atoms with van der Waals surface area (Å²) in [6.45, 7) is 9.00. The number of aromatic nitrogens is 2. The van der Waals surface area contributed by atoms with Gasteiger partial charge in [-0.1, -0.05) is 18.2 Å². The first-order chi connectivity index (χ1) is 19.9. The van der Waals surface area contributed by atoms with Crippen molar-refractivity contribution in [3.63, 3.8) is 0 Å². The van der Waals surface area contributed by atoms with E-state index in [9.17, 15) is 24.9 Å². The van der Waals surface area contributed by atoms with Gasteiger partial charge in [0.25, 0.3) is 11.8 Å². The summed E-state index contributed by atoms with van der Waals surface area (Å²) in [5, 5.41) is 28.1. The number of aliphatic imine (C=N–C) groups is 1. The average molecular weight is 564 g/mol. The first-order valence-electron chi connectivity index (χ1n) is 13.5. The van der Waals surface area contributed by atoms with Gasteiger partial charge >= 0.3 is 6.09 Å². The molecule has 0 bridgehead atoms. The van der Waals surface area contributed by atoms with Crippen LogP contribution >= 0.6 is 0 Å². The molecule has 11 nitrogen and oxygen atoms in total. The molecule has 2 aliphatic heterocycles. The molecule has 0 saturated carbocycles. The highest BCUT2D eigenvalue weighted by Gasteiger charge is 2.36. The summed E-state index contributed by atoms with van der Waals surface area (Å²) in [7, 11) is 0.